The Labute approximate surface area is 112 Å². The standard InChI is InChI=1S/C16H29NO/c1-3-17(15-8-4-5-9-15)12-16(13-18)10-6-7-14(2)11-16/h13-15H,3-12H2,1-2H3. The van der Waals surface area contributed by atoms with Crippen LogP contribution in [0, 0.1) is 11.3 Å². The maximum atomic E-state index is 11.7. The predicted molar refractivity (Wildman–Crippen MR) is 75.6 cm³/mol. The van der Waals surface area contributed by atoms with Crippen molar-refractivity contribution < 1.29 is 4.79 Å². The van der Waals surface area contributed by atoms with Gasteiger partial charge in [-0.05, 0) is 38.1 Å². The molecule has 0 radical (unpaired) electrons. The molecular weight excluding hydrogens is 222 g/mol. The molecule has 0 aliphatic heterocycles. The Morgan fingerprint density at radius 1 is 1.22 bits per heavy atom. The van der Waals surface area contributed by atoms with E-state index in [2.05, 4.69) is 18.7 Å². The van der Waals surface area contributed by atoms with E-state index in [0.717, 1.165) is 37.9 Å². The molecule has 0 aromatic carbocycles. The van der Waals surface area contributed by atoms with E-state index in [1.54, 1.807) is 0 Å². The van der Waals surface area contributed by atoms with Crippen LogP contribution in [-0.4, -0.2) is 30.3 Å². The minimum absolute atomic E-state index is 0.0315. The van der Waals surface area contributed by atoms with Crippen molar-refractivity contribution in [3.63, 3.8) is 0 Å². The summed E-state index contributed by atoms with van der Waals surface area (Å²) in [6.07, 6.45) is 11.5. The van der Waals surface area contributed by atoms with Crippen LogP contribution in [0.1, 0.15) is 65.2 Å². The van der Waals surface area contributed by atoms with Gasteiger partial charge in [-0.15, -0.1) is 0 Å². The molecule has 18 heavy (non-hydrogen) atoms. The Bertz CT molecular complexity index is 272. The molecule has 0 N–H and O–H groups in total. The van der Waals surface area contributed by atoms with Crippen molar-refractivity contribution in [2.24, 2.45) is 11.3 Å². The van der Waals surface area contributed by atoms with E-state index in [1.807, 2.05) is 0 Å². The molecule has 0 spiro atoms. The molecule has 2 rings (SSSR count). The van der Waals surface area contributed by atoms with Crippen molar-refractivity contribution in [1.82, 2.24) is 4.90 Å². The molecule has 2 nitrogen and oxygen atoms in total. The highest BCUT2D eigenvalue weighted by molar-refractivity contribution is 5.60. The average Bonchev–Trinajstić information content (AvgIpc) is 2.90. The van der Waals surface area contributed by atoms with Crippen molar-refractivity contribution in [2.75, 3.05) is 13.1 Å². The van der Waals surface area contributed by atoms with Gasteiger partial charge in [0, 0.05) is 18.0 Å². The number of carbonyl (C=O) groups excluding carboxylic acids is 1. The number of hydrogen-bond donors (Lipinski definition) is 0. The second-order valence-electron chi connectivity index (χ2n) is 6.68. The summed E-state index contributed by atoms with van der Waals surface area (Å²) in [5.74, 6) is 0.728. The quantitative estimate of drug-likeness (QED) is 0.695. The first kappa shape index (κ1) is 14.0. The van der Waals surface area contributed by atoms with Gasteiger partial charge in [0.1, 0.15) is 6.29 Å². The van der Waals surface area contributed by atoms with Gasteiger partial charge >= 0.3 is 0 Å². The van der Waals surface area contributed by atoms with Gasteiger partial charge in [-0.25, -0.2) is 0 Å². The predicted octanol–water partition coefficient (Wildman–Crippen LogP) is 3.65. The van der Waals surface area contributed by atoms with Gasteiger partial charge in [-0.2, -0.15) is 0 Å². The van der Waals surface area contributed by atoms with Gasteiger partial charge in [0.2, 0.25) is 0 Å². The van der Waals surface area contributed by atoms with Crippen molar-refractivity contribution in [2.45, 2.75) is 71.3 Å². The first-order valence-corrected chi connectivity index (χ1v) is 7.89. The summed E-state index contributed by atoms with van der Waals surface area (Å²) in [7, 11) is 0. The second kappa shape index (κ2) is 6.18. The monoisotopic (exact) mass is 251 g/mol. The zero-order valence-electron chi connectivity index (χ0n) is 12.2. The molecule has 0 heterocycles. The molecule has 0 saturated heterocycles. The van der Waals surface area contributed by atoms with Gasteiger partial charge in [-0.1, -0.05) is 39.5 Å². The lowest BCUT2D eigenvalue weighted by Gasteiger charge is -2.41. The van der Waals surface area contributed by atoms with E-state index in [9.17, 15) is 4.79 Å². The van der Waals surface area contributed by atoms with E-state index in [1.165, 1.54) is 44.8 Å². The molecule has 2 fully saturated rings. The topological polar surface area (TPSA) is 20.3 Å². The molecule has 104 valence electrons. The lowest BCUT2D eigenvalue weighted by molar-refractivity contribution is -0.120. The third-order valence-corrected chi connectivity index (χ3v) is 5.14. The zero-order valence-corrected chi connectivity index (χ0v) is 12.2. The van der Waals surface area contributed by atoms with Gasteiger partial charge < -0.3 is 4.79 Å². The fraction of sp³-hybridized carbons (Fsp3) is 0.938. The van der Waals surface area contributed by atoms with Crippen molar-refractivity contribution in [1.29, 1.82) is 0 Å². The van der Waals surface area contributed by atoms with E-state index in [0.29, 0.717) is 0 Å². The number of nitrogens with zero attached hydrogens (tertiary/aromatic N) is 1. The highest BCUT2D eigenvalue weighted by Crippen LogP contribution is 2.39. The van der Waals surface area contributed by atoms with Crippen molar-refractivity contribution in [3.8, 4) is 0 Å². The first-order valence-electron chi connectivity index (χ1n) is 7.89. The lowest BCUT2D eigenvalue weighted by atomic mass is 9.70. The second-order valence-corrected chi connectivity index (χ2v) is 6.68. The van der Waals surface area contributed by atoms with E-state index < -0.39 is 0 Å². The molecule has 2 heteroatoms. The van der Waals surface area contributed by atoms with Crippen molar-refractivity contribution in [3.05, 3.63) is 0 Å². The molecule has 2 aliphatic carbocycles. The summed E-state index contributed by atoms with van der Waals surface area (Å²) < 4.78 is 0. The van der Waals surface area contributed by atoms with Crippen LogP contribution < -0.4 is 0 Å². The average molecular weight is 251 g/mol. The summed E-state index contributed by atoms with van der Waals surface area (Å²) >= 11 is 0. The van der Waals surface area contributed by atoms with Gasteiger partial charge in [0.05, 0.1) is 0 Å². The SMILES string of the molecule is CCN(CC1(C=O)CCCC(C)C1)C1CCCC1. The molecule has 2 unspecified atom stereocenters. The molecule has 0 aromatic heterocycles. The maximum absolute atomic E-state index is 11.7. The third kappa shape index (κ3) is 3.14. The van der Waals surface area contributed by atoms with Gasteiger partial charge in [0.15, 0.2) is 0 Å². The molecule has 2 aliphatic rings. The molecule has 2 atom stereocenters. The minimum atomic E-state index is -0.0315. The van der Waals surface area contributed by atoms with Crippen LogP contribution in [0.3, 0.4) is 0 Å². The van der Waals surface area contributed by atoms with Crippen LogP contribution in [0.15, 0.2) is 0 Å². The Morgan fingerprint density at radius 3 is 2.50 bits per heavy atom. The molecule has 0 aromatic rings. The molecular formula is C16H29NO. The highest BCUT2D eigenvalue weighted by Gasteiger charge is 2.37. The van der Waals surface area contributed by atoms with Crippen LogP contribution in [-0.2, 0) is 4.79 Å². The Hall–Kier alpha value is -0.370. The fourth-order valence-electron chi connectivity index (χ4n) is 4.16. The van der Waals surface area contributed by atoms with E-state index in [4.69, 9.17) is 0 Å². The Kier molecular flexibility index (Phi) is 4.83. The van der Waals surface area contributed by atoms with Crippen LogP contribution in [0.2, 0.25) is 0 Å². The first-order chi connectivity index (χ1) is 8.69. The largest absolute Gasteiger partial charge is 0.303 e. The summed E-state index contributed by atoms with van der Waals surface area (Å²) in [5.41, 5.74) is -0.0315. The third-order valence-electron chi connectivity index (χ3n) is 5.14. The van der Waals surface area contributed by atoms with E-state index >= 15 is 0 Å². The number of carbonyl (C=O) groups is 1. The smallest absolute Gasteiger partial charge is 0.127 e. The van der Waals surface area contributed by atoms with E-state index in [-0.39, 0.29) is 5.41 Å². The highest BCUT2D eigenvalue weighted by atomic mass is 16.1. The molecule has 0 bridgehead atoms. The number of hydrogen-bond acceptors (Lipinski definition) is 2. The molecule has 2 saturated carbocycles. The summed E-state index contributed by atoms with van der Waals surface area (Å²) in [4.78, 5) is 14.3. The Morgan fingerprint density at radius 2 is 1.94 bits per heavy atom. The maximum Gasteiger partial charge on any atom is 0.127 e. The molecule has 0 amide bonds. The van der Waals surface area contributed by atoms with Gasteiger partial charge in [-0.3, -0.25) is 4.90 Å². The summed E-state index contributed by atoms with van der Waals surface area (Å²) in [5, 5.41) is 0. The van der Waals surface area contributed by atoms with Crippen LogP contribution >= 0.6 is 0 Å². The fourth-order valence-corrected chi connectivity index (χ4v) is 4.16. The van der Waals surface area contributed by atoms with Crippen LogP contribution in [0.4, 0.5) is 0 Å². The van der Waals surface area contributed by atoms with Crippen molar-refractivity contribution >= 4 is 6.29 Å². The zero-order chi connectivity index (χ0) is 13.0. The lowest BCUT2D eigenvalue weighted by Crippen LogP contribution is -2.45. The normalized spacial score (nSPS) is 34.1. The number of aldehydes is 1. The summed E-state index contributed by atoms with van der Waals surface area (Å²) in [6.45, 7) is 6.68. The Balaban J connectivity index is 2.00. The van der Waals surface area contributed by atoms with Crippen LogP contribution in [0.5, 0.6) is 0 Å². The van der Waals surface area contributed by atoms with Gasteiger partial charge in [0.25, 0.3) is 0 Å². The summed E-state index contributed by atoms with van der Waals surface area (Å²) in [6, 6.07) is 0.754. The minimum Gasteiger partial charge on any atom is -0.303 e. The van der Waals surface area contributed by atoms with Crippen LogP contribution in [0.25, 0.3) is 0 Å². The number of rotatable bonds is 5.